The predicted octanol–water partition coefficient (Wildman–Crippen LogP) is 11.4. The molecule has 0 aliphatic carbocycles. The molecule has 0 fully saturated rings. The number of fused-ring (bicyclic) bond motifs is 4. The summed E-state index contributed by atoms with van der Waals surface area (Å²) in [5.74, 6) is 0.789. The van der Waals surface area contributed by atoms with E-state index >= 15 is 0 Å². The van der Waals surface area contributed by atoms with Crippen LogP contribution in [0.1, 0.15) is 66.5 Å². The van der Waals surface area contributed by atoms with Gasteiger partial charge in [-0.2, -0.15) is 47.0 Å². The predicted molar refractivity (Wildman–Crippen MR) is 204 cm³/mol. The van der Waals surface area contributed by atoms with Crippen LogP contribution in [-0.4, -0.2) is 9.55 Å². The number of pyridine rings is 1. The van der Waals surface area contributed by atoms with Gasteiger partial charge in [0.15, 0.2) is 0 Å². The molecule has 0 saturated heterocycles. The Morgan fingerprint density at radius 3 is 2.08 bits per heavy atom. The van der Waals surface area contributed by atoms with E-state index in [0.717, 1.165) is 55.9 Å². The summed E-state index contributed by atoms with van der Waals surface area (Å²) in [6.45, 7) is 15.2. The van der Waals surface area contributed by atoms with Crippen molar-refractivity contribution in [3.8, 4) is 5.82 Å². The van der Waals surface area contributed by atoms with Gasteiger partial charge in [0.25, 0.3) is 0 Å². The Morgan fingerprint density at radius 1 is 0.660 bits per heavy atom. The molecular weight excluding hydrogens is 792 g/mol. The molecule has 0 amide bonds. The molecule has 2 aromatic heterocycles. The summed E-state index contributed by atoms with van der Waals surface area (Å²) in [4.78, 5) is 9.11. The number of anilines is 4. The van der Waals surface area contributed by atoms with E-state index in [9.17, 15) is 2.74 Å². The molecule has 0 unspecified atom stereocenters. The average molecular weight is 835 g/mol. The number of nitrogens with zero attached hydrogens (tertiary/aromatic N) is 4. The Morgan fingerprint density at radius 2 is 1.34 bits per heavy atom. The van der Waals surface area contributed by atoms with Crippen molar-refractivity contribution >= 4 is 44.6 Å². The second-order valence-corrected chi connectivity index (χ2v) is 14.9. The van der Waals surface area contributed by atoms with E-state index < -0.39 is 6.37 Å². The fraction of sp³-hybridized carbons (Fsp3) is 0.200. The van der Waals surface area contributed by atoms with Crippen LogP contribution >= 0.6 is 0 Å². The third-order valence-corrected chi connectivity index (χ3v) is 9.34. The van der Waals surface area contributed by atoms with E-state index in [0.29, 0.717) is 11.1 Å². The zero-order valence-corrected chi connectivity index (χ0v) is 31.5. The molecule has 0 atom stereocenters. The summed E-state index contributed by atoms with van der Waals surface area (Å²) >= 11 is 0. The van der Waals surface area contributed by atoms with Crippen LogP contribution in [0.5, 0.6) is 0 Å². The van der Waals surface area contributed by atoms with Gasteiger partial charge in [0.1, 0.15) is 5.82 Å². The summed E-state index contributed by atoms with van der Waals surface area (Å²) in [5, 5.41) is 2.08. The van der Waals surface area contributed by atoms with Gasteiger partial charge in [-0.1, -0.05) is 95.6 Å². The number of hydrogen-bond acceptors (Lipinski definition) is 3. The minimum atomic E-state index is -1.91. The molecular formula is C45H41N4Pt-3. The smallest absolute Gasteiger partial charge is 0.135 e. The number of hydrogen-bond donors (Lipinski definition) is 0. The van der Waals surface area contributed by atoms with Crippen LogP contribution in [-0.2, 0) is 38.3 Å². The zero-order chi connectivity index (χ0) is 35.7. The Balaban J connectivity index is 0.00000420. The molecule has 1 aliphatic rings. The molecule has 0 radical (unpaired) electrons. The first-order chi connectivity index (χ1) is 24.3. The summed E-state index contributed by atoms with van der Waals surface area (Å²) in [6, 6.07) is 46.2. The van der Waals surface area contributed by atoms with Gasteiger partial charge in [0.2, 0.25) is 0 Å². The van der Waals surface area contributed by atoms with Gasteiger partial charge in [-0.3, -0.25) is 0 Å². The molecule has 254 valence electrons. The molecule has 0 spiro atoms. The van der Waals surface area contributed by atoms with Crippen molar-refractivity contribution in [2.45, 2.75) is 58.7 Å². The topological polar surface area (TPSA) is 24.3 Å². The molecule has 50 heavy (non-hydrogen) atoms. The summed E-state index contributed by atoms with van der Waals surface area (Å²) in [5.41, 5.74) is 8.51. The van der Waals surface area contributed by atoms with Crippen LogP contribution in [0.4, 0.5) is 22.7 Å². The number of rotatable bonds is 5. The zero-order valence-electron chi connectivity index (χ0n) is 31.2. The molecule has 8 rings (SSSR count). The Labute approximate surface area is 313 Å². The van der Waals surface area contributed by atoms with Crippen molar-refractivity contribution in [2.24, 2.45) is 0 Å². The van der Waals surface area contributed by atoms with Crippen LogP contribution in [0, 0.1) is 18.8 Å². The van der Waals surface area contributed by atoms with Gasteiger partial charge in [-0.05, 0) is 70.6 Å². The maximum atomic E-state index is 9.74. The molecule has 0 bridgehead atoms. The molecule has 0 saturated carbocycles. The van der Waals surface area contributed by atoms with E-state index in [4.69, 9.17) is 4.98 Å². The molecule has 0 N–H and O–H groups in total. The van der Waals surface area contributed by atoms with Crippen molar-refractivity contribution < 1.29 is 23.8 Å². The minimum Gasteiger partial charge on any atom is -0.493 e. The van der Waals surface area contributed by atoms with Crippen molar-refractivity contribution in [1.29, 1.82) is 0 Å². The largest absolute Gasteiger partial charge is 0.493 e. The maximum Gasteiger partial charge on any atom is 0.135 e. The summed E-state index contributed by atoms with van der Waals surface area (Å²) < 4.78 is 21.6. The molecule has 3 heterocycles. The van der Waals surface area contributed by atoms with Crippen molar-refractivity contribution in [2.75, 3.05) is 9.80 Å². The summed E-state index contributed by atoms with van der Waals surface area (Å²) in [6.07, 6.45) is -0.0505. The number of para-hydroxylation sites is 4. The van der Waals surface area contributed by atoms with Gasteiger partial charge in [0.05, 0.1) is 0 Å². The molecule has 1 aliphatic heterocycles. The normalized spacial score (nSPS) is 14.0. The molecule has 5 heteroatoms. The Hall–Kier alpha value is -4.66. The first kappa shape index (κ1) is 31.3. The quantitative estimate of drug-likeness (QED) is 0.162. The molecule has 5 aromatic carbocycles. The van der Waals surface area contributed by atoms with E-state index in [1.54, 1.807) is 0 Å². The molecule has 4 nitrogen and oxygen atoms in total. The van der Waals surface area contributed by atoms with Gasteiger partial charge in [-0.25, -0.2) is 4.98 Å². The van der Waals surface area contributed by atoms with Crippen molar-refractivity contribution in [3.05, 3.63) is 163 Å². The standard InChI is InChI=1S/C45H41N4.Pt/c1-44(2,3)33-22-23-46-43(29-33)49-39-17-11-10-16-37(39)38-21-20-31(27-42(38)49)24-32-25-34(45(4,5)6)28-36(26-32)48-30-47(35-14-8-7-9-15-35)40-18-12-13-19-41(40)48;/h7-23,25,28-30H,24H2,1-6H3;/q-3;/i24D2;. The minimum absolute atomic E-state index is 0. The molecule has 7 aromatic rings. The second-order valence-electron chi connectivity index (χ2n) is 14.9. The van der Waals surface area contributed by atoms with Crippen LogP contribution < -0.4 is 9.80 Å². The monoisotopic (exact) mass is 834 g/mol. The average Bonchev–Trinajstić information content (AvgIpc) is 3.67. The fourth-order valence-corrected chi connectivity index (χ4v) is 6.64. The number of benzene rings is 5. The Kier molecular flexibility index (Phi) is 8.08. The van der Waals surface area contributed by atoms with Crippen LogP contribution in [0.15, 0.2) is 121 Å². The van der Waals surface area contributed by atoms with E-state index in [1.807, 2.05) is 66.9 Å². The van der Waals surface area contributed by atoms with E-state index in [2.05, 4.69) is 129 Å². The first-order valence-electron chi connectivity index (χ1n) is 17.9. The van der Waals surface area contributed by atoms with Crippen molar-refractivity contribution in [3.63, 3.8) is 0 Å². The van der Waals surface area contributed by atoms with Crippen molar-refractivity contribution in [1.82, 2.24) is 9.55 Å². The van der Waals surface area contributed by atoms with E-state index in [1.165, 1.54) is 5.56 Å². The number of aromatic nitrogens is 2. The van der Waals surface area contributed by atoms with Gasteiger partial charge >= 0.3 is 0 Å². The van der Waals surface area contributed by atoms with Crippen LogP contribution in [0.3, 0.4) is 0 Å². The Bertz CT molecular complexity index is 2420. The van der Waals surface area contributed by atoms with Crippen LogP contribution in [0.25, 0.3) is 27.6 Å². The van der Waals surface area contributed by atoms with E-state index in [-0.39, 0.29) is 31.9 Å². The fourth-order valence-electron chi connectivity index (χ4n) is 6.64. The maximum absolute atomic E-state index is 9.74. The first-order valence-corrected chi connectivity index (χ1v) is 16.9. The summed E-state index contributed by atoms with van der Waals surface area (Å²) in [7, 11) is 0. The van der Waals surface area contributed by atoms with Gasteiger partial charge in [0, 0.05) is 52.6 Å². The third-order valence-electron chi connectivity index (χ3n) is 9.34. The van der Waals surface area contributed by atoms with Gasteiger partial charge < -0.3 is 14.4 Å². The third kappa shape index (κ3) is 6.16. The SMILES string of the molecule is [2H]C([2H])(c1[c-]c2c(cc1)c1ccccc1n2-c1cc(C(C)(C)C)ccn1)c1[c-]c(N2[CH-]N(c3ccccc3)c3ccccc32)cc(C(C)(C)C)c1.[Pt]. The van der Waals surface area contributed by atoms with Gasteiger partial charge in [-0.15, -0.1) is 23.8 Å². The van der Waals surface area contributed by atoms with Crippen LogP contribution in [0.2, 0.25) is 0 Å². The second kappa shape index (κ2) is 12.9.